The summed E-state index contributed by atoms with van der Waals surface area (Å²) in [4.78, 5) is 22.1. The Labute approximate surface area is 103 Å². The van der Waals surface area contributed by atoms with Gasteiger partial charge < -0.3 is 9.84 Å². The minimum Gasteiger partial charge on any atom is -0.496 e. The average molecular weight is 252 g/mol. The van der Waals surface area contributed by atoms with Crippen molar-refractivity contribution in [1.82, 2.24) is 0 Å². The summed E-state index contributed by atoms with van der Waals surface area (Å²) in [7, 11) is 1.43. The fraction of sp³-hybridized carbons (Fsp3) is 0.385. The lowest BCUT2D eigenvalue weighted by Gasteiger charge is -2.20. The number of benzene rings is 1. The van der Waals surface area contributed by atoms with Crippen molar-refractivity contribution in [2.75, 3.05) is 7.11 Å². The fourth-order valence-electron chi connectivity index (χ4n) is 2.33. The number of carboxylic acid groups (broad SMARTS) is 1. The van der Waals surface area contributed by atoms with Crippen LogP contribution in [0.2, 0.25) is 0 Å². The van der Waals surface area contributed by atoms with Crippen LogP contribution in [0.5, 0.6) is 5.75 Å². The Hall–Kier alpha value is -1.91. The van der Waals surface area contributed by atoms with Crippen molar-refractivity contribution in [2.24, 2.45) is 0 Å². The molecule has 4 nitrogen and oxygen atoms in total. The van der Waals surface area contributed by atoms with Crippen LogP contribution in [0, 0.1) is 5.82 Å². The first kappa shape index (κ1) is 12.5. The second kappa shape index (κ2) is 4.76. The summed E-state index contributed by atoms with van der Waals surface area (Å²) in [5.41, 5.74) is 0.758. The zero-order valence-corrected chi connectivity index (χ0v) is 9.96. The fourth-order valence-corrected chi connectivity index (χ4v) is 2.33. The number of hydrogen-bond acceptors (Lipinski definition) is 3. The molecule has 0 bridgehead atoms. The lowest BCUT2D eigenvalue weighted by atomic mass is 9.88. The maximum atomic E-state index is 14.1. The van der Waals surface area contributed by atoms with E-state index in [1.807, 2.05) is 0 Å². The molecule has 0 aliphatic heterocycles. The Kier molecular flexibility index (Phi) is 3.32. The summed E-state index contributed by atoms with van der Waals surface area (Å²) in [6, 6.07) is 1.19. The van der Waals surface area contributed by atoms with Gasteiger partial charge in [0.1, 0.15) is 11.6 Å². The first-order valence-corrected chi connectivity index (χ1v) is 5.72. The molecule has 1 aromatic rings. The molecule has 1 aliphatic rings. The minimum absolute atomic E-state index is 0.399. The van der Waals surface area contributed by atoms with Crippen LogP contribution < -0.4 is 4.74 Å². The van der Waals surface area contributed by atoms with E-state index in [1.54, 1.807) is 0 Å². The van der Waals surface area contributed by atoms with Gasteiger partial charge in [0.25, 0.3) is 5.78 Å². The number of carboxylic acids is 1. The Balaban J connectivity index is 2.62. The lowest BCUT2D eigenvalue weighted by molar-refractivity contribution is -0.131. The monoisotopic (exact) mass is 252 g/mol. The van der Waals surface area contributed by atoms with Crippen LogP contribution in [-0.4, -0.2) is 24.0 Å². The Morgan fingerprint density at radius 1 is 1.28 bits per heavy atom. The molecule has 18 heavy (non-hydrogen) atoms. The van der Waals surface area contributed by atoms with E-state index in [4.69, 9.17) is 9.84 Å². The smallest absolute Gasteiger partial charge is 0.377 e. The average Bonchev–Trinajstić information content (AvgIpc) is 2.38. The van der Waals surface area contributed by atoms with E-state index in [9.17, 15) is 14.0 Å². The molecule has 0 atom stereocenters. The summed E-state index contributed by atoms with van der Waals surface area (Å²) in [5, 5.41) is 8.67. The molecular weight excluding hydrogens is 239 g/mol. The summed E-state index contributed by atoms with van der Waals surface area (Å²) >= 11 is 0. The molecule has 1 N–H and O–H groups in total. The number of halogens is 1. The van der Waals surface area contributed by atoms with Gasteiger partial charge in [-0.3, -0.25) is 4.79 Å². The van der Waals surface area contributed by atoms with Crippen LogP contribution in [0.25, 0.3) is 0 Å². The summed E-state index contributed by atoms with van der Waals surface area (Å²) in [6.07, 6.45) is 2.97. The highest BCUT2D eigenvalue weighted by molar-refractivity contribution is 6.40. The van der Waals surface area contributed by atoms with E-state index >= 15 is 0 Å². The van der Waals surface area contributed by atoms with Gasteiger partial charge in [-0.1, -0.05) is 0 Å². The van der Waals surface area contributed by atoms with Crippen LogP contribution in [0.1, 0.15) is 34.3 Å². The summed E-state index contributed by atoms with van der Waals surface area (Å²) in [6.45, 7) is 0. The molecule has 0 saturated heterocycles. The van der Waals surface area contributed by atoms with E-state index in [1.165, 1.54) is 13.2 Å². The molecular formula is C13H13FO4. The highest BCUT2D eigenvalue weighted by atomic mass is 19.1. The van der Waals surface area contributed by atoms with Gasteiger partial charge in [0.15, 0.2) is 0 Å². The molecule has 96 valence electrons. The zero-order chi connectivity index (χ0) is 13.3. The number of methoxy groups -OCH3 is 1. The molecule has 0 unspecified atom stereocenters. The molecule has 1 aliphatic carbocycles. The number of hydrogen-bond donors (Lipinski definition) is 1. The van der Waals surface area contributed by atoms with Crippen LogP contribution in [0.4, 0.5) is 4.39 Å². The zero-order valence-electron chi connectivity index (χ0n) is 9.96. The molecule has 0 aromatic heterocycles. The largest absolute Gasteiger partial charge is 0.496 e. The molecule has 2 rings (SSSR count). The van der Waals surface area contributed by atoms with Gasteiger partial charge in [-0.25, -0.2) is 9.18 Å². The van der Waals surface area contributed by atoms with Gasteiger partial charge in [-0.05, 0) is 37.3 Å². The molecule has 1 aromatic carbocycles. The normalized spacial score (nSPS) is 13.9. The lowest BCUT2D eigenvalue weighted by Crippen LogP contribution is -2.18. The quantitative estimate of drug-likeness (QED) is 0.660. The Morgan fingerprint density at radius 3 is 2.44 bits per heavy atom. The Morgan fingerprint density at radius 2 is 1.89 bits per heavy atom. The molecule has 0 amide bonds. The van der Waals surface area contributed by atoms with Crippen molar-refractivity contribution < 1.29 is 23.8 Å². The predicted molar refractivity (Wildman–Crippen MR) is 61.6 cm³/mol. The van der Waals surface area contributed by atoms with E-state index < -0.39 is 23.1 Å². The van der Waals surface area contributed by atoms with Crippen molar-refractivity contribution in [3.8, 4) is 5.75 Å². The standard InChI is InChI=1S/C13H13FO4/c1-18-10-6-9(12(15)13(16)17)11(14)8-5-3-2-4-7(8)10/h6H,2-5H2,1H3,(H,16,17). The van der Waals surface area contributed by atoms with Gasteiger partial charge >= 0.3 is 5.97 Å². The van der Waals surface area contributed by atoms with Crippen LogP contribution >= 0.6 is 0 Å². The van der Waals surface area contributed by atoms with E-state index in [-0.39, 0.29) is 0 Å². The molecule has 0 radical (unpaired) electrons. The number of ether oxygens (including phenoxy) is 1. The van der Waals surface area contributed by atoms with Gasteiger partial charge in [0.2, 0.25) is 0 Å². The number of Topliss-reactive ketones (excluding diaryl/α,β-unsaturated/α-hetero) is 1. The minimum atomic E-state index is -1.66. The second-order valence-electron chi connectivity index (χ2n) is 4.24. The number of rotatable bonds is 3. The third-order valence-electron chi connectivity index (χ3n) is 3.20. The third kappa shape index (κ3) is 1.96. The maximum absolute atomic E-state index is 14.1. The maximum Gasteiger partial charge on any atom is 0.377 e. The van der Waals surface area contributed by atoms with Crippen molar-refractivity contribution in [3.63, 3.8) is 0 Å². The van der Waals surface area contributed by atoms with E-state index in [2.05, 4.69) is 0 Å². The first-order chi connectivity index (χ1) is 8.56. The molecule has 0 spiro atoms. The van der Waals surface area contributed by atoms with Gasteiger partial charge in [0, 0.05) is 5.56 Å². The summed E-state index contributed by atoms with van der Waals surface area (Å²) < 4.78 is 19.3. The molecule has 5 heteroatoms. The van der Waals surface area contributed by atoms with Crippen LogP contribution in [0.3, 0.4) is 0 Å². The van der Waals surface area contributed by atoms with Crippen molar-refractivity contribution in [1.29, 1.82) is 0 Å². The van der Waals surface area contributed by atoms with Crippen molar-refractivity contribution >= 4 is 11.8 Å². The van der Waals surface area contributed by atoms with Crippen LogP contribution in [-0.2, 0) is 17.6 Å². The van der Waals surface area contributed by atoms with Crippen LogP contribution in [0.15, 0.2) is 6.07 Å². The predicted octanol–water partition coefficient (Wildman–Crippen LogP) is 1.98. The highest BCUT2D eigenvalue weighted by Crippen LogP contribution is 2.33. The number of fused-ring (bicyclic) bond motifs is 1. The van der Waals surface area contributed by atoms with Gasteiger partial charge in [-0.15, -0.1) is 0 Å². The SMILES string of the molecule is COc1cc(C(=O)C(=O)O)c(F)c2c1CCCC2. The summed E-state index contributed by atoms with van der Waals surface area (Å²) in [5.74, 6) is -3.21. The third-order valence-corrected chi connectivity index (χ3v) is 3.20. The molecule has 0 heterocycles. The number of carbonyl (C=O) groups is 2. The topological polar surface area (TPSA) is 63.6 Å². The molecule has 0 fully saturated rings. The van der Waals surface area contributed by atoms with Gasteiger partial charge in [0.05, 0.1) is 12.7 Å². The van der Waals surface area contributed by atoms with E-state index in [0.717, 1.165) is 18.4 Å². The highest BCUT2D eigenvalue weighted by Gasteiger charge is 2.27. The second-order valence-corrected chi connectivity index (χ2v) is 4.24. The first-order valence-electron chi connectivity index (χ1n) is 5.72. The van der Waals surface area contributed by atoms with Crippen molar-refractivity contribution in [3.05, 3.63) is 28.6 Å². The van der Waals surface area contributed by atoms with Crippen molar-refractivity contribution in [2.45, 2.75) is 25.7 Å². The number of aliphatic carboxylic acids is 1. The van der Waals surface area contributed by atoms with Gasteiger partial charge in [-0.2, -0.15) is 0 Å². The number of carbonyl (C=O) groups excluding carboxylic acids is 1. The molecule has 0 saturated carbocycles. The Bertz CT molecular complexity index is 522. The van der Waals surface area contributed by atoms with E-state index in [0.29, 0.717) is 24.2 Å². The number of ketones is 1.